The molecule has 3 rings (SSSR count). The van der Waals surface area contributed by atoms with Gasteiger partial charge in [-0.05, 0) is 62.1 Å². The first-order valence-corrected chi connectivity index (χ1v) is 10.8. The Labute approximate surface area is 161 Å². The average Bonchev–Trinajstić information content (AvgIpc) is 2.93. The molecule has 146 valence electrons. The van der Waals surface area contributed by atoms with Crippen LogP contribution in [0.2, 0.25) is 0 Å². The molecule has 0 radical (unpaired) electrons. The molecule has 2 aromatic rings. The van der Waals surface area contributed by atoms with Gasteiger partial charge in [-0.25, -0.2) is 13.4 Å². The van der Waals surface area contributed by atoms with Gasteiger partial charge in [0.2, 0.25) is 0 Å². The molecule has 1 N–H and O–H groups in total. The normalized spacial score (nSPS) is 15.3. The lowest BCUT2D eigenvalue weighted by atomic mass is 10.1. The van der Waals surface area contributed by atoms with Crippen LogP contribution < -0.4 is 14.4 Å². The Morgan fingerprint density at radius 2 is 1.70 bits per heavy atom. The number of methoxy groups -OCH3 is 1. The molecule has 0 saturated carbocycles. The molecule has 6 nitrogen and oxygen atoms in total. The zero-order valence-electron chi connectivity index (χ0n) is 16.2. The van der Waals surface area contributed by atoms with E-state index in [1.54, 1.807) is 24.4 Å². The topological polar surface area (TPSA) is 71.5 Å². The van der Waals surface area contributed by atoms with E-state index in [4.69, 9.17) is 4.74 Å². The second-order valence-electron chi connectivity index (χ2n) is 7.00. The van der Waals surface area contributed by atoms with E-state index in [-0.39, 0.29) is 4.90 Å². The molecule has 0 aliphatic carbocycles. The van der Waals surface area contributed by atoms with Crippen LogP contribution in [0, 0.1) is 13.8 Å². The summed E-state index contributed by atoms with van der Waals surface area (Å²) < 4.78 is 33.6. The van der Waals surface area contributed by atoms with Crippen LogP contribution in [-0.2, 0) is 10.0 Å². The van der Waals surface area contributed by atoms with E-state index in [9.17, 15) is 8.42 Å². The van der Waals surface area contributed by atoms with Gasteiger partial charge in [-0.3, -0.25) is 4.72 Å². The number of aromatic nitrogens is 1. The summed E-state index contributed by atoms with van der Waals surface area (Å²) in [6, 6.07) is 7.01. The van der Waals surface area contributed by atoms with E-state index in [1.165, 1.54) is 32.8 Å². The van der Waals surface area contributed by atoms with Gasteiger partial charge in [0.1, 0.15) is 16.5 Å². The number of sulfonamides is 1. The second kappa shape index (κ2) is 8.17. The van der Waals surface area contributed by atoms with Gasteiger partial charge in [-0.15, -0.1) is 0 Å². The lowest BCUT2D eigenvalue weighted by Crippen LogP contribution is -2.24. The second-order valence-corrected chi connectivity index (χ2v) is 8.65. The van der Waals surface area contributed by atoms with Gasteiger partial charge < -0.3 is 9.64 Å². The summed E-state index contributed by atoms with van der Waals surface area (Å²) in [5.74, 6) is 1.23. The fraction of sp³-hybridized carbons (Fsp3) is 0.450. The Morgan fingerprint density at radius 1 is 1.04 bits per heavy atom. The van der Waals surface area contributed by atoms with Crippen molar-refractivity contribution in [2.45, 2.75) is 44.4 Å². The first-order valence-electron chi connectivity index (χ1n) is 9.30. The highest BCUT2D eigenvalue weighted by molar-refractivity contribution is 7.92. The summed E-state index contributed by atoms with van der Waals surface area (Å²) in [6.07, 6.45) is 6.43. The Hall–Kier alpha value is -2.28. The number of nitrogens with zero attached hydrogens (tertiary/aromatic N) is 2. The van der Waals surface area contributed by atoms with Gasteiger partial charge in [-0.1, -0.05) is 12.8 Å². The van der Waals surface area contributed by atoms with Crippen molar-refractivity contribution >= 4 is 21.5 Å². The lowest BCUT2D eigenvalue weighted by molar-refractivity contribution is 0.402. The molecule has 7 heteroatoms. The van der Waals surface area contributed by atoms with Crippen LogP contribution in [0.1, 0.15) is 36.8 Å². The largest absolute Gasteiger partial charge is 0.495 e. The molecule has 1 aromatic heterocycles. The molecule has 0 spiro atoms. The third-order valence-electron chi connectivity index (χ3n) is 5.00. The standard InChI is InChI=1S/C20H27N3O3S/c1-15-12-18(26-3)19(13-16(15)2)27(24,25)22-17-8-9-20(21-14-17)23-10-6-4-5-7-11-23/h8-9,12-14,22H,4-7,10-11H2,1-3H3. The molecule has 27 heavy (non-hydrogen) atoms. The van der Waals surface area contributed by atoms with E-state index in [2.05, 4.69) is 14.6 Å². The fourth-order valence-electron chi connectivity index (χ4n) is 3.28. The first-order chi connectivity index (χ1) is 12.9. The van der Waals surface area contributed by atoms with Gasteiger partial charge in [0.15, 0.2) is 0 Å². The Balaban J connectivity index is 1.81. The molecule has 0 atom stereocenters. The van der Waals surface area contributed by atoms with Crippen molar-refractivity contribution in [3.8, 4) is 5.75 Å². The van der Waals surface area contributed by atoms with Gasteiger partial charge in [0, 0.05) is 13.1 Å². The predicted octanol–water partition coefficient (Wildman–Crippen LogP) is 3.89. The number of hydrogen-bond acceptors (Lipinski definition) is 5. The number of anilines is 2. The van der Waals surface area contributed by atoms with E-state index in [0.717, 1.165) is 30.0 Å². The van der Waals surface area contributed by atoms with Crippen molar-refractivity contribution in [1.29, 1.82) is 0 Å². The summed E-state index contributed by atoms with van der Waals surface area (Å²) in [6.45, 7) is 5.80. The number of hydrogen-bond donors (Lipinski definition) is 1. The van der Waals surface area contributed by atoms with Gasteiger partial charge in [-0.2, -0.15) is 0 Å². The minimum Gasteiger partial charge on any atom is -0.495 e. The van der Waals surface area contributed by atoms with E-state index in [1.807, 2.05) is 19.9 Å². The van der Waals surface area contributed by atoms with Crippen molar-refractivity contribution < 1.29 is 13.2 Å². The van der Waals surface area contributed by atoms with Crippen LogP contribution in [-0.4, -0.2) is 33.6 Å². The summed E-state index contributed by atoms with van der Waals surface area (Å²) >= 11 is 0. The van der Waals surface area contributed by atoms with E-state index >= 15 is 0 Å². The number of aryl methyl sites for hydroxylation is 2. The van der Waals surface area contributed by atoms with Crippen LogP contribution in [0.3, 0.4) is 0 Å². The molecule has 0 bridgehead atoms. The van der Waals surface area contributed by atoms with Crippen molar-refractivity contribution in [3.05, 3.63) is 41.6 Å². The number of rotatable bonds is 5. The zero-order valence-corrected chi connectivity index (χ0v) is 17.0. The number of nitrogens with one attached hydrogen (secondary N) is 1. The molecular weight excluding hydrogens is 362 g/mol. The number of pyridine rings is 1. The highest BCUT2D eigenvalue weighted by Crippen LogP contribution is 2.29. The van der Waals surface area contributed by atoms with Crippen LogP contribution in [0.25, 0.3) is 0 Å². The molecule has 0 amide bonds. The third-order valence-corrected chi connectivity index (χ3v) is 6.40. The van der Waals surface area contributed by atoms with Gasteiger partial charge in [0.25, 0.3) is 10.0 Å². The lowest BCUT2D eigenvalue weighted by Gasteiger charge is -2.21. The molecule has 1 fully saturated rings. The number of benzene rings is 1. The van der Waals surface area contributed by atoms with Crippen LogP contribution >= 0.6 is 0 Å². The molecule has 1 aromatic carbocycles. The molecule has 1 aliphatic rings. The van der Waals surface area contributed by atoms with E-state index in [0.29, 0.717) is 11.4 Å². The zero-order chi connectivity index (χ0) is 19.4. The molecule has 2 heterocycles. The minimum absolute atomic E-state index is 0.129. The first kappa shape index (κ1) is 19.5. The van der Waals surface area contributed by atoms with E-state index < -0.39 is 10.0 Å². The quantitative estimate of drug-likeness (QED) is 0.840. The minimum atomic E-state index is -3.77. The van der Waals surface area contributed by atoms with Crippen molar-refractivity contribution in [2.24, 2.45) is 0 Å². The van der Waals surface area contributed by atoms with Crippen LogP contribution in [0.5, 0.6) is 5.75 Å². The summed E-state index contributed by atoms with van der Waals surface area (Å²) in [7, 11) is -2.29. The SMILES string of the molecule is COc1cc(C)c(C)cc1S(=O)(=O)Nc1ccc(N2CCCCCC2)nc1. The van der Waals surface area contributed by atoms with Gasteiger partial charge >= 0.3 is 0 Å². The number of ether oxygens (including phenoxy) is 1. The van der Waals surface area contributed by atoms with Crippen LogP contribution in [0.15, 0.2) is 35.4 Å². The predicted molar refractivity (Wildman–Crippen MR) is 108 cm³/mol. The Bertz CT molecular complexity index is 887. The Morgan fingerprint density at radius 3 is 2.30 bits per heavy atom. The smallest absolute Gasteiger partial charge is 0.265 e. The maximum atomic E-state index is 12.8. The molecule has 1 aliphatic heterocycles. The van der Waals surface area contributed by atoms with Crippen molar-refractivity contribution in [3.63, 3.8) is 0 Å². The van der Waals surface area contributed by atoms with Gasteiger partial charge in [0.05, 0.1) is 19.0 Å². The monoisotopic (exact) mass is 389 g/mol. The van der Waals surface area contributed by atoms with Crippen LogP contribution in [0.4, 0.5) is 11.5 Å². The molecule has 0 unspecified atom stereocenters. The summed E-state index contributed by atoms with van der Waals surface area (Å²) in [4.78, 5) is 6.85. The van der Waals surface area contributed by atoms with Crippen molar-refractivity contribution in [1.82, 2.24) is 4.98 Å². The van der Waals surface area contributed by atoms with Crippen molar-refractivity contribution in [2.75, 3.05) is 29.8 Å². The molecular formula is C20H27N3O3S. The maximum absolute atomic E-state index is 12.8. The summed E-state index contributed by atoms with van der Waals surface area (Å²) in [5.41, 5.74) is 2.31. The maximum Gasteiger partial charge on any atom is 0.265 e. The molecule has 1 saturated heterocycles. The summed E-state index contributed by atoms with van der Waals surface area (Å²) in [5, 5.41) is 0. The third kappa shape index (κ3) is 4.53. The average molecular weight is 390 g/mol. The fourth-order valence-corrected chi connectivity index (χ4v) is 4.56. The highest BCUT2D eigenvalue weighted by Gasteiger charge is 2.21. The highest BCUT2D eigenvalue weighted by atomic mass is 32.2. The Kier molecular flexibility index (Phi) is 5.89.